The molecule has 0 spiro atoms. The molecule has 5 heteroatoms. The average molecular weight is 385 g/mol. The van der Waals surface area contributed by atoms with Crippen molar-refractivity contribution in [1.82, 2.24) is 15.0 Å². The Kier molecular flexibility index (Phi) is 3.63. The van der Waals surface area contributed by atoms with Crippen LogP contribution in [0.2, 0.25) is 5.02 Å². The van der Waals surface area contributed by atoms with Gasteiger partial charge in [0, 0.05) is 10.0 Å². The van der Waals surface area contributed by atoms with Gasteiger partial charge in [0.25, 0.3) is 0 Å². The number of fused-ring (bicyclic) bond motifs is 1. The van der Waals surface area contributed by atoms with Crippen molar-refractivity contribution in [2.24, 2.45) is 0 Å². The quantitative estimate of drug-likeness (QED) is 0.456. The Morgan fingerprint density at radius 1 is 0.826 bits per heavy atom. The van der Waals surface area contributed by atoms with Crippen LogP contribution in [0.15, 0.2) is 71.2 Å². The third kappa shape index (κ3) is 2.76. The van der Waals surface area contributed by atoms with E-state index >= 15 is 0 Å². The third-order valence-electron chi connectivity index (χ3n) is 3.61. The van der Waals surface area contributed by atoms with Crippen LogP contribution in [0.4, 0.5) is 0 Å². The van der Waals surface area contributed by atoms with Gasteiger partial charge >= 0.3 is 0 Å². The monoisotopic (exact) mass is 383 g/mol. The molecule has 3 nitrogen and oxygen atoms in total. The Labute approximate surface area is 146 Å². The number of nitrogens with zero attached hydrogens (tertiary/aromatic N) is 3. The zero-order valence-electron chi connectivity index (χ0n) is 11.9. The van der Waals surface area contributed by atoms with Gasteiger partial charge in [0.15, 0.2) is 0 Å². The molecule has 4 aromatic rings. The highest BCUT2D eigenvalue weighted by Gasteiger charge is 2.10. The summed E-state index contributed by atoms with van der Waals surface area (Å²) in [5, 5.41) is 9.76. The van der Waals surface area contributed by atoms with Crippen LogP contribution in [-0.2, 0) is 0 Å². The van der Waals surface area contributed by atoms with E-state index < -0.39 is 0 Å². The fourth-order valence-electron chi connectivity index (χ4n) is 2.47. The first-order chi connectivity index (χ1) is 11.2. The lowest BCUT2D eigenvalue weighted by Crippen LogP contribution is -1.97. The standard InChI is InChI=1S/C18H11BrClN3/c19-13-6-8-14(9-7-13)23-21-17-10-15(12-4-2-1-3-5-12)16(20)11-18(17)22-23/h1-11H. The van der Waals surface area contributed by atoms with Gasteiger partial charge in [0.05, 0.1) is 10.7 Å². The van der Waals surface area contributed by atoms with Crippen molar-refractivity contribution in [2.45, 2.75) is 0 Å². The summed E-state index contributed by atoms with van der Waals surface area (Å²) in [5.41, 5.74) is 4.52. The molecule has 0 unspecified atom stereocenters. The molecular formula is C18H11BrClN3. The minimum Gasteiger partial charge on any atom is -0.150 e. The Bertz CT molecular complexity index is 979. The molecule has 3 aromatic carbocycles. The van der Waals surface area contributed by atoms with Gasteiger partial charge in [-0.15, -0.1) is 10.2 Å². The largest absolute Gasteiger partial charge is 0.150 e. The lowest BCUT2D eigenvalue weighted by atomic mass is 10.1. The maximum Gasteiger partial charge on any atom is 0.115 e. The van der Waals surface area contributed by atoms with E-state index in [0.29, 0.717) is 5.02 Å². The molecule has 0 N–H and O–H groups in total. The van der Waals surface area contributed by atoms with Crippen LogP contribution in [-0.4, -0.2) is 15.0 Å². The van der Waals surface area contributed by atoms with Gasteiger partial charge in [-0.1, -0.05) is 57.9 Å². The maximum absolute atomic E-state index is 6.43. The van der Waals surface area contributed by atoms with E-state index in [2.05, 4.69) is 26.1 Å². The fourth-order valence-corrected chi connectivity index (χ4v) is 3.00. The predicted molar refractivity (Wildman–Crippen MR) is 97.0 cm³/mol. The van der Waals surface area contributed by atoms with Gasteiger partial charge in [0.2, 0.25) is 0 Å². The average Bonchev–Trinajstić information content (AvgIpc) is 2.98. The van der Waals surface area contributed by atoms with Crippen molar-refractivity contribution >= 4 is 38.6 Å². The molecule has 0 radical (unpaired) electrons. The number of halogens is 2. The number of hydrogen-bond donors (Lipinski definition) is 0. The van der Waals surface area contributed by atoms with Crippen LogP contribution in [0.25, 0.3) is 27.8 Å². The van der Waals surface area contributed by atoms with Crippen molar-refractivity contribution in [2.75, 3.05) is 0 Å². The smallest absolute Gasteiger partial charge is 0.115 e. The minimum atomic E-state index is 0.673. The molecule has 23 heavy (non-hydrogen) atoms. The van der Waals surface area contributed by atoms with Gasteiger partial charge in [-0.05, 0) is 42.0 Å². The molecule has 112 valence electrons. The van der Waals surface area contributed by atoms with Gasteiger partial charge in [-0.2, -0.15) is 4.80 Å². The van der Waals surface area contributed by atoms with E-state index in [1.54, 1.807) is 4.80 Å². The highest BCUT2D eigenvalue weighted by atomic mass is 79.9. The molecule has 0 fully saturated rings. The number of hydrogen-bond acceptors (Lipinski definition) is 2. The van der Waals surface area contributed by atoms with E-state index in [1.165, 1.54) is 0 Å². The molecule has 1 aromatic heterocycles. The van der Waals surface area contributed by atoms with Crippen LogP contribution in [0.1, 0.15) is 0 Å². The van der Waals surface area contributed by atoms with Gasteiger partial charge in [-0.3, -0.25) is 0 Å². The van der Waals surface area contributed by atoms with Crippen molar-refractivity contribution in [1.29, 1.82) is 0 Å². The molecule has 1 heterocycles. The Balaban J connectivity index is 1.85. The lowest BCUT2D eigenvalue weighted by Gasteiger charge is -2.03. The normalized spacial score (nSPS) is 11.0. The highest BCUT2D eigenvalue weighted by molar-refractivity contribution is 9.10. The molecule has 0 aliphatic carbocycles. The van der Waals surface area contributed by atoms with Crippen molar-refractivity contribution < 1.29 is 0 Å². The van der Waals surface area contributed by atoms with E-state index in [-0.39, 0.29) is 0 Å². The third-order valence-corrected chi connectivity index (χ3v) is 4.45. The Morgan fingerprint density at radius 2 is 1.48 bits per heavy atom. The Morgan fingerprint density at radius 3 is 2.17 bits per heavy atom. The molecule has 0 aliphatic heterocycles. The molecule has 0 saturated heterocycles. The second-order valence-corrected chi connectivity index (χ2v) is 6.48. The second kappa shape index (κ2) is 5.80. The highest BCUT2D eigenvalue weighted by Crippen LogP contribution is 2.31. The van der Waals surface area contributed by atoms with Gasteiger partial charge < -0.3 is 0 Å². The SMILES string of the molecule is Clc1cc2nn(-c3ccc(Br)cc3)nc2cc1-c1ccccc1. The number of aromatic nitrogens is 3. The van der Waals surface area contributed by atoms with Crippen LogP contribution in [0.5, 0.6) is 0 Å². The second-order valence-electron chi connectivity index (χ2n) is 5.15. The van der Waals surface area contributed by atoms with E-state index in [1.807, 2.05) is 66.7 Å². The van der Waals surface area contributed by atoms with Crippen LogP contribution in [0, 0.1) is 0 Å². The van der Waals surface area contributed by atoms with Crippen LogP contribution >= 0.6 is 27.5 Å². The molecule has 0 saturated carbocycles. The van der Waals surface area contributed by atoms with Gasteiger partial charge in [0.1, 0.15) is 11.0 Å². The number of benzene rings is 3. The first kappa shape index (κ1) is 14.4. The lowest BCUT2D eigenvalue weighted by molar-refractivity contribution is 0.765. The molecule has 0 aliphatic rings. The summed E-state index contributed by atoms with van der Waals surface area (Å²) in [7, 11) is 0. The summed E-state index contributed by atoms with van der Waals surface area (Å²) in [5.74, 6) is 0. The minimum absolute atomic E-state index is 0.673. The topological polar surface area (TPSA) is 30.7 Å². The molecule has 4 rings (SSSR count). The molecule has 0 bridgehead atoms. The summed E-state index contributed by atoms with van der Waals surface area (Å²) in [6, 6.07) is 21.7. The van der Waals surface area contributed by atoms with E-state index in [4.69, 9.17) is 11.6 Å². The van der Waals surface area contributed by atoms with Crippen molar-refractivity contribution in [3.05, 3.63) is 76.2 Å². The van der Waals surface area contributed by atoms with E-state index in [9.17, 15) is 0 Å². The first-order valence-electron chi connectivity index (χ1n) is 7.09. The van der Waals surface area contributed by atoms with E-state index in [0.717, 1.165) is 32.3 Å². The van der Waals surface area contributed by atoms with Crippen molar-refractivity contribution in [3.8, 4) is 16.8 Å². The first-order valence-corrected chi connectivity index (χ1v) is 8.26. The fraction of sp³-hybridized carbons (Fsp3) is 0. The Hall–Kier alpha value is -2.17. The maximum atomic E-state index is 6.43. The summed E-state index contributed by atoms with van der Waals surface area (Å²) in [6.45, 7) is 0. The van der Waals surface area contributed by atoms with Crippen molar-refractivity contribution in [3.63, 3.8) is 0 Å². The summed E-state index contributed by atoms with van der Waals surface area (Å²) >= 11 is 9.86. The zero-order valence-corrected chi connectivity index (χ0v) is 14.3. The molecular weight excluding hydrogens is 374 g/mol. The van der Waals surface area contributed by atoms with Gasteiger partial charge in [-0.25, -0.2) is 0 Å². The summed E-state index contributed by atoms with van der Waals surface area (Å²) in [6.07, 6.45) is 0. The van der Waals surface area contributed by atoms with Crippen LogP contribution < -0.4 is 0 Å². The summed E-state index contributed by atoms with van der Waals surface area (Å²) in [4.78, 5) is 1.63. The zero-order chi connectivity index (χ0) is 15.8. The van der Waals surface area contributed by atoms with Crippen LogP contribution in [0.3, 0.4) is 0 Å². The predicted octanol–water partition coefficient (Wildman–Crippen LogP) is 5.50. The molecule has 0 amide bonds. The molecule has 0 atom stereocenters. The number of rotatable bonds is 2. The summed E-state index contributed by atoms with van der Waals surface area (Å²) < 4.78 is 1.02.